The molecule has 1 heterocycles. The standard InChI is InChI=1S/C26H23NO3/c1-19-10-9-15-24(29-2)22(19)16-17-27-23(18-30-26(27)28)25(20-11-5-3-6-12-20)21-13-7-4-8-14-21/h3-15,23,25H,18H2,1-2H3/t23-/m0/s1. The first-order valence-electron chi connectivity index (χ1n) is 9.90. The van der Waals surface area contributed by atoms with E-state index in [1.54, 1.807) is 7.11 Å². The number of aryl methyl sites for hydroxylation is 1. The summed E-state index contributed by atoms with van der Waals surface area (Å²) in [6.07, 6.45) is -0.420. The van der Waals surface area contributed by atoms with Crippen molar-refractivity contribution in [1.82, 2.24) is 4.90 Å². The maximum absolute atomic E-state index is 12.6. The van der Waals surface area contributed by atoms with Crippen molar-refractivity contribution in [2.24, 2.45) is 0 Å². The molecule has 0 spiro atoms. The number of carbonyl (C=O) groups excluding carboxylic acids is 1. The van der Waals surface area contributed by atoms with E-state index in [1.165, 1.54) is 4.90 Å². The molecule has 3 aromatic carbocycles. The van der Waals surface area contributed by atoms with Crippen molar-refractivity contribution in [2.75, 3.05) is 13.7 Å². The van der Waals surface area contributed by atoms with E-state index < -0.39 is 6.09 Å². The number of cyclic esters (lactones) is 1. The molecule has 0 radical (unpaired) electrons. The van der Waals surface area contributed by atoms with Gasteiger partial charge in [0.2, 0.25) is 0 Å². The van der Waals surface area contributed by atoms with E-state index in [2.05, 4.69) is 36.2 Å². The zero-order valence-corrected chi connectivity index (χ0v) is 17.0. The molecular weight excluding hydrogens is 374 g/mol. The van der Waals surface area contributed by atoms with E-state index in [1.807, 2.05) is 61.5 Å². The van der Waals surface area contributed by atoms with Gasteiger partial charge in [-0.2, -0.15) is 0 Å². The lowest BCUT2D eigenvalue weighted by atomic mass is 9.85. The Morgan fingerprint density at radius 1 is 0.967 bits per heavy atom. The topological polar surface area (TPSA) is 38.8 Å². The highest BCUT2D eigenvalue weighted by Gasteiger charge is 2.39. The van der Waals surface area contributed by atoms with E-state index in [4.69, 9.17) is 9.47 Å². The van der Waals surface area contributed by atoms with Crippen molar-refractivity contribution >= 4 is 6.09 Å². The lowest BCUT2D eigenvalue weighted by Gasteiger charge is -2.26. The lowest BCUT2D eigenvalue weighted by Crippen LogP contribution is -2.35. The van der Waals surface area contributed by atoms with Crippen LogP contribution in [-0.4, -0.2) is 30.8 Å². The van der Waals surface area contributed by atoms with Gasteiger partial charge in [0, 0.05) is 12.0 Å². The fourth-order valence-electron chi connectivity index (χ4n) is 3.85. The van der Waals surface area contributed by atoms with Gasteiger partial charge < -0.3 is 9.47 Å². The Balaban J connectivity index is 1.75. The fraction of sp³-hybridized carbons (Fsp3) is 0.192. The van der Waals surface area contributed by atoms with Crippen LogP contribution in [0.3, 0.4) is 0 Å². The van der Waals surface area contributed by atoms with Gasteiger partial charge in [0.1, 0.15) is 12.4 Å². The number of methoxy groups -OCH3 is 1. The minimum Gasteiger partial charge on any atom is -0.495 e. The van der Waals surface area contributed by atoms with Crippen LogP contribution in [0.5, 0.6) is 5.75 Å². The minimum atomic E-state index is -0.420. The number of nitrogens with zero attached hydrogens (tertiary/aromatic N) is 1. The first-order chi connectivity index (χ1) is 14.7. The van der Waals surface area contributed by atoms with E-state index in [-0.39, 0.29) is 18.6 Å². The van der Waals surface area contributed by atoms with Crippen LogP contribution in [0.4, 0.5) is 4.79 Å². The highest BCUT2D eigenvalue weighted by atomic mass is 16.6. The summed E-state index contributed by atoms with van der Waals surface area (Å²) in [6, 6.07) is 28.9. The second-order valence-corrected chi connectivity index (χ2v) is 7.20. The lowest BCUT2D eigenvalue weighted by molar-refractivity contribution is 0.167. The number of carbonyl (C=O) groups is 1. The summed E-state index contributed by atoms with van der Waals surface area (Å²) in [4.78, 5) is 14.1. The van der Waals surface area contributed by atoms with Gasteiger partial charge in [-0.1, -0.05) is 72.8 Å². The molecule has 30 heavy (non-hydrogen) atoms. The summed E-state index contributed by atoms with van der Waals surface area (Å²) in [5.41, 5.74) is 4.00. The summed E-state index contributed by atoms with van der Waals surface area (Å²) in [7, 11) is 1.62. The van der Waals surface area contributed by atoms with Crippen LogP contribution in [0.1, 0.15) is 28.2 Å². The van der Waals surface area contributed by atoms with Crippen molar-refractivity contribution in [3.05, 3.63) is 101 Å². The van der Waals surface area contributed by atoms with Gasteiger partial charge >= 0.3 is 6.09 Å². The third-order valence-electron chi connectivity index (χ3n) is 5.36. The van der Waals surface area contributed by atoms with Gasteiger partial charge in [-0.05, 0) is 35.6 Å². The monoisotopic (exact) mass is 397 g/mol. The Morgan fingerprint density at radius 3 is 2.20 bits per heavy atom. The van der Waals surface area contributed by atoms with Gasteiger partial charge in [-0.25, -0.2) is 9.69 Å². The zero-order valence-electron chi connectivity index (χ0n) is 17.0. The quantitative estimate of drug-likeness (QED) is 0.584. The second kappa shape index (κ2) is 8.75. The smallest absolute Gasteiger partial charge is 0.422 e. The van der Waals surface area contributed by atoms with Crippen LogP contribution in [0.25, 0.3) is 0 Å². The van der Waals surface area contributed by atoms with Gasteiger partial charge in [0.25, 0.3) is 0 Å². The van der Waals surface area contributed by atoms with Crippen molar-refractivity contribution in [3.8, 4) is 17.7 Å². The van der Waals surface area contributed by atoms with Crippen molar-refractivity contribution in [1.29, 1.82) is 0 Å². The predicted octanol–water partition coefficient (Wildman–Crippen LogP) is 4.97. The fourth-order valence-corrected chi connectivity index (χ4v) is 3.85. The molecule has 0 saturated carbocycles. The molecule has 1 fully saturated rings. The zero-order chi connectivity index (χ0) is 20.9. The number of benzene rings is 3. The summed E-state index contributed by atoms with van der Waals surface area (Å²) in [5, 5.41) is 0. The average Bonchev–Trinajstić information content (AvgIpc) is 3.14. The molecule has 4 heteroatoms. The maximum atomic E-state index is 12.6. The van der Waals surface area contributed by atoms with Crippen LogP contribution in [0.15, 0.2) is 78.9 Å². The second-order valence-electron chi connectivity index (χ2n) is 7.20. The van der Waals surface area contributed by atoms with Crippen LogP contribution in [0.2, 0.25) is 0 Å². The van der Waals surface area contributed by atoms with Crippen LogP contribution in [-0.2, 0) is 4.74 Å². The van der Waals surface area contributed by atoms with Gasteiger partial charge in [-0.3, -0.25) is 0 Å². The molecule has 1 aliphatic rings. The van der Waals surface area contributed by atoms with Crippen LogP contribution < -0.4 is 4.74 Å². The molecule has 0 bridgehead atoms. The van der Waals surface area contributed by atoms with Gasteiger partial charge in [-0.15, -0.1) is 0 Å². The molecule has 1 amide bonds. The first-order valence-corrected chi connectivity index (χ1v) is 9.90. The van der Waals surface area contributed by atoms with Crippen LogP contribution >= 0.6 is 0 Å². The largest absolute Gasteiger partial charge is 0.495 e. The first kappa shape index (κ1) is 19.6. The van der Waals surface area contributed by atoms with E-state index in [0.717, 1.165) is 22.3 Å². The molecule has 4 rings (SSSR count). The van der Waals surface area contributed by atoms with Crippen molar-refractivity contribution in [2.45, 2.75) is 18.9 Å². The Labute approximate surface area is 177 Å². The number of hydrogen-bond acceptors (Lipinski definition) is 3. The molecular formula is C26H23NO3. The molecule has 1 atom stereocenters. The molecule has 3 aromatic rings. The summed E-state index contributed by atoms with van der Waals surface area (Å²) >= 11 is 0. The van der Waals surface area contributed by atoms with Gasteiger partial charge in [0.15, 0.2) is 0 Å². The summed E-state index contributed by atoms with van der Waals surface area (Å²) < 4.78 is 10.9. The Hall–Kier alpha value is -3.71. The Kier molecular flexibility index (Phi) is 5.72. The maximum Gasteiger partial charge on any atom is 0.422 e. The number of amides is 1. The molecule has 0 aliphatic carbocycles. The molecule has 1 aliphatic heterocycles. The number of hydrogen-bond donors (Lipinski definition) is 0. The molecule has 0 aromatic heterocycles. The number of ether oxygens (including phenoxy) is 2. The van der Waals surface area contributed by atoms with E-state index >= 15 is 0 Å². The summed E-state index contributed by atoms with van der Waals surface area (Å²) in [5.74, 6) is 3.78. The predicted molar refractivity (Wildman–Crippen MR) is 116 cm³/mol. The normalized spacial score (nSPS) is 15.5. The Morgan fingerprint density at radius 2 is 1.60 bits per heavy atom. The third-order valence-corrected chi connectivity index (χ3v) is 5.36. The van der Waals surface area contributed by atoms with Gasteiger partial charge in [0.05, 0.1) is 18.7 Å². The molecule has 150 valence electrons. The molecule has 0 N–H and O–H groups in total. The molecule has 0 unspecified atom stereocenters. The summed E-state index contributed by atoms with van der Waals surface area (Å²) in [6.45, 7) is 2.26. The average molecular weight is 397 g/mol. The van der Waals surface area contributed by atoms with E-state index in [9.17, 15) is 4.79 Å². The minimum absolute atomic E-state index is 0.0492. The van der Waals surface area contributed by atoms with Crippen LogP contribution in [0, 0.1) is 18.9 Å². The third kappa shape index (κ3) is 3.88. The van der Waals surface area contributed by atoms with Crippen molar-refractivity contribution < 1.29 is 14.3 Å². The molecule has 4 nitrogen and oxygen atoms in total. The van der Waals surface area contributed by atoms with E-state index in [0.29, 0.717) is 5.75 Å². The Bertz CT molecular complexity index is 1040. The molecule has 1 saturated heterocycles. The highest BCUT2D eigenvalue weighted by Crippen LogP contribution is 2.34. The highest BCUT2D eigenvalue weighted by molar-refractivity contribution is 5.73. The SMILES string of the molecule is COc1cccc(C)c1C#CN1C(=O)OC[C@H]1C(c1ccccc1)c1ccccc1. The van der Waals surface area contributed by atoms with Crippen molar-refractivity contribution in [3.63, 3.8) is 0 Å². The number of rotatable bonds is 4.